The second-order valence-corrected chi connectivity index (χ2v) is 5.55. The number of carboxylic acid groups (broad SMARTS) is 1. The van der Waals surface area contributed by atoms with Crippen molar-refractivity contribution in [1.82, 2.24) is 4.57 Å². The van der Waals surface area contributed by atoms with Crippen molar-refractivity contribution in [3.05, 3.63) is 18.2 Å². The minimum Gasteiger partial charge on any atom is -0.546 e. The zero-order valence-electron chi connectivity index (χ0n) is 12.9. The van der Waals surface area contributed by atoms with Gasteiger partial charge < -0.3 is 9.90 Å². The molecule has 1 rings (SSSR count). The molecule has 0 saturated heterocycles. The first-order chi connectivity index (χ1) is 9.65. The normalized spacial score (nSPS) is 10.9. The van der Waals surface area contributed by atoms with E-state index >= 15 is 0 Å². The first-order valence-electron chi connectivity index (χ1n) is 7.88. The van der Waals surface area contributed by atoms with Crippen molar-refractivity contribution in [2.24, 2.45) is 7.05 Å². The molecule has 0 unspecified atom stereocenters. The molecule has 0 radical (unpaired) electrons. The van der Waals surface area contributed by atoms with E-state index in [0.717, 1.165) is 18.7 Å². The summed E-state index contributed by atoms with van der Waals surface area (Å²) in [7, 11) is 1.96. The Morgan fingerprint density at radius 3 is 2.35 bits per heavy atom. The second-order valence-electron chi connectivity index (χ2n) is 5.55. The van der Waals surface area contributed by atoms with E-state index in [-0.39, 0.29) is 6.54 Å². The van der Waals surface area contributed by atoms with Crippen molar-refractivity contribution >= 4 is 5.97 Å². The molecule has 0 aliphatic carbocycles. The largest absolute Gasteiger partial charge is 0.546 e. The summed E-state index contributed by atoms with van der Waals surface area (Å²) in [6, 6.07) is 0. The molecule has 1 aromatic rings. The van der Waals surface area contributed by atoms with E-state index < -0.39 is 5.97 Å². The maximum Gasteiger partial charge on any atom is 0.256 e. The van der Waals surface area contributed by atoms with Gasteiger partial charge in [-0.3, -0.25) is 0 Å². The number of aromatic nitrogens is 2. The highest BCUT2D eigenvalue weighted by molar-refractivity contribution is 5.64. The lowest BCUT2D eigenvalue weighted by Crippen LogP contribution is -2.34. The number of unbranched alkanes of at least 4 members (excludes halogenated alkanes) is 7. The molecule has 1 aromatic heterocycles. The van der Waals surface area contributed by atoms with E-state index in [2.05, 4.69) is 6.92 Å². The van der Waals surface area contributed by atoms with Crippen molar-refractivity contribution in [1.29, 1.82) is 0 Å². The van der Waals surface area contributed by atoms with Gasteiger partial charge in [0.15, 0.2) is 0 Å². The third-order valence-electron chi connectivity index (χ3n) is 3.76. The van der Waals surface area contributed by atoms with Crippen LogP contribution in [0.4, 0.5) is 0 Å². The van der Waals surface area contributed by atoms with E-state index in [4.69, 9.17) is 0 Å². The molecule has 0 aliphatic rings. The average molecular weight is 280 g/mol. The van der Waals surface area contributed by atoms with Gasteiger partial charge in [0.1, 0.15) is 18.9 Å². The topological polar surface area (TPSA) is 48.9 Å². The molecule has 114 valence electrons. The molecule has 0 N–H and O–H groups in total. The molecule has 0 aliphatic heterocycles. The molecule has 0 bridgehead atoms. The van der Waals surface area contributed by atoms with Gasteiger partial charge >= 0.3 is 0 Å². The van der Waals surface area contributed by atoms with E-state index in [1.165, 1.54) is 44.9 Å². The van der Waals surface area contributed by atoms with E-state index in [1.54, 1.807) is 4.57 Å². The Labute approximate surface area is 122 Å². The first-order valence-corrected chi connectivity index (χ1v) is 7.88. The van der Waals surface area contributed by atoms with Crippen LogP contribution in [0.3, 0.4) is 0 Å². The second kappa shape index (κ2) is 9.56. The monoisotopic (exact) mass is 280 g/mol. The van der Waals surface area contributed by atoms with Crippen molar-refractivity contribution < 1.29 is 14.5 Å². The fourth-order valence-corrected chi connectivity index (χ4v) is 2.58. The minimum absolute atomic E-state index is 0.0484. The van der Waals surface area contributed by atoms with E-state index in [0.29, 0.717) is 0 Å². The van der Waals surface area contributed by atoms with Crippen LogP contribution in [-0.2, 0) is 24.8 Å². The molecule has 0 spiro atoms. The molecule has 1 heterocycles. The fraction of sp³-hybridized carbons (Fsp3) is 0.750. The number of hydrogen-bond donors (Lipinski definition) is 0. The summed E-state index contributed by atoms with van der Waals surface area (Å²) in [5, 5.41) is 10.7. The molecular formula is C16H28N2O2. The van der Waals surface area contributed by atoms with Crippen LogP contribution in [0.1, 0.15) is 64.1 Å². The Morgan fingerprint density at radius 1 is 1.15 bits per heavy atom. The van der Waals surface area contributed by atoms with Crippen LogP contribution < -0.4 is 9.67 Å². The summed E-state index contributed by atoms with van der Waals surface area (Å²) in [4.78, 5) is 10.7. The fourth-order valence-electron chi connectivity index (χ4n) is 2.58. The molecule has 0 amide bonds. The zero-order chi connectivity index (χ0) is 14.8. The molecule has 20 heavy (non-hydrogen) atoms. The van der Waals surface area contributed by atoms with Gasteiger partial charge in [-0.25, -0.2) is 9.13 Å². The Balaban J connectivity index is 2.21. The lowest BCUT2D eigenvalue weighted by atomic mass is 10.1. The maximum absolute atomic E-state index is 10.7. The Hall–Kier alpha value is -1.32. The lowest BCUT2D eigenvalue weighted by Gasteiger charge is -2.04. The van der Waals surface area contributed by atoms with Gasteiger partial charge in [-0.05, 0) is 6.42 Å². The predicted molar refractivity (Wildman–Crippen MR) is 76.9 cm³/mol. The molecule has 0 aromatic carbocycles. The van der Waals surface area contributed by atoms with Gasteiger partial charge in [0.25, 0.3) is 5.82 Å². The van der Waals surface area contributed by atoms with Crippen molar-refractivity contribution in [3.63, 3.8) is 0 Å². The molecule has 0 atom stereocenters. The van der Waals surface area contributed by atoms with E-state index in [1.807, 2.05) is 24.0 Å². The van der Waals surface area contributed by atoms with Crippen molar-refractivity contribution in [3.8, 4) is 0 Å². The van der Waals surface area contributed by atoms with Gasteiger partial charge in [0, 0.05) is 6.42 Å². The average Bonchev–Trinajstić information content (AvgIpc) is 2.73. The highest BCUT2D eigenvalue weighted by Gasteiger charge is 2.13. The maximum atomic E-state index is 10.7. The zero-order valence-corrected chi connectivity index (χ0v) is 12.9. The van der Waals surface area contributed by atoms with Crippen LogP contribution in [0.2, 0.25) is 0 Å². The smallest absolute Gasteiger partial charge is 0.256 e. The minimum atomic E-state index is -1.03. The number of carbonyl (C=O) groups excluding carboxylic acids is 1. The standard InChI is InChI=1S/C16H28N2O2/c1-3-4-5-6-7-8-9-10-11-15-17(2)12-13-18(15)14-16(19)20/h12-13H,3-11,14H2,1-2H3. The number of carbonyl (C=O) groups is 1. The quantitative estimate of drug-likeness (QED) is 0.458. The van der Waals surface area contributed by atoms with Crippen molar-refractivity contribution in [2.75, 3.05) is 0 Å². The highest BCUT2D eigenvalue weighted by Crippen LogP contribution is 2.10. The summed E-state index contributed by atoms with van der Waals surface area (Å²) >= 11 is 0. The summed E-state index contributed by atoms with van der Waals surface area (Å²) in [5.74, 6) is 0.0403. The number of rotatable bonds is 11. The van der Waals surface area contributed by atoms with Crippen LogP contribution in [0.25, 0.3) is 0 Å². The Bertz CT molecular complexity index is 399. The van der Waals surface area contributed by atoms with Crippen LogP contribution in [0.5, 0.6) is 0 Å². The number of aliphatic carboxylic acids is 1. The van der Waals surface area contributed by atoms with Crippen LogP contribution >= 0.6 is 0 Å². The molecule has 0 fully saturated rings. The molecular weight excluding hydrogens is 252 g/mol. The van der Waals surface area contributed by atoms with Crippen molar-refractivity contribution in [2.45, 2.75) is 71.3 Å². The van der Waals surface area contributed by atoms with Crippen LogP contribution in [-0.4, -0.2) is 10.5 Å². The van der Waals surface area contributed by atoms with Gasteiger partial charge in [0.2, 0.25) is 0 Å². The lowest BCUT2D eigenvalue weighted by molar-refractivity contribution is -0.678. The number of imidazole rings is 1. The van der Waals surface area contributed by atoms with Gasteiger partial charge in [-0.2, -0.15) is 0 Å². The van der Waals surface area contributed by atoms with Gasteiger partial charge in [0.05, 0.1) is 13.0 Å². The number of nitrogens with zero attached hydrogens (tertiary/aromatic N) is 2. The van der Waals surface area contributed by atoms with Crippen LogP contribution in [0.15, 0.2) is 12.4 Å². The van der Waals surface area contributed by atoms with E-state index in [9.17, 15) is 9.90 Å². The number of carboxylic acids is 1. The predicted octanol–water partition coefficient (Wildman–Crippen LogP) is 1.75. The molecule has 4 heteroatoms. The summed E-state index contributed by atoms with van der Waals surface area (Å²) in [5.41, 5.74) is 0. The first kappa shape index (κ1) is 16.7. The highest BCUT2D eigenvalue weighted by atomic mass is 16.4. The van der Waals surface area contributed by atoms with Gasteiger partial charge in [-0.15, -0.1) is 0 Å². The Kier molecular flexibility index (Phi) is 8.00. The summed E-state index contributed by atoms with van der Waals surface area (Å²) in [6.45, 7) is 2.19. The number of hydrogen-bond acceptors (Lipinski definition) is 2. The summed E-state index contributed by atoms with van der Waals surface area (Å²) < 4.78 is 3.78. The Morgan fingerprint density at radius 2 is 1.75 bits per heavy atom. The third kappa shape index (κ3) is 6.22. The SMILES string of the molecule is CCCCCCCCCCc1n(CC(=O)[O-])cc[n+]1C. The molecule has 4 nitrogen and oxygen atoms in total. The third-order valence-corrected chi connectivity index (χ3v) is 3.76. The number of aryl methyl sites for hydroxylation is 1. The summed E-state index contributed by atoms with van der Waals surface area (Å²) in [6.07, 6.45) is 15.0. The van der Waals surface area contributed by atoms with Gasteiger partial charge in [-0.1, -0.05) is 51.9 Å². The van der Waals surface area contributed by atoms with Crippen LogP contribution in [0, 0.1) is 0 Å². The molecule has 0 saturated carbocycles.